The second-order valence-electron chi connectivity index (χ2n) is 6.31. The first-order valence-electron chi connectivity index (χ1n) is 8.61. The van der Waals surface area contributed by atoms with Crippen LogP contribution in [0.1, 0.15) is 58.4 Å². The van der Waals surface area contributed by atoms with E-state index in [-0.39, 0.29) is 0 Å². The summed E-state index contributed by atoms with van der Waals surface area (Å²) in [5.74, 6) is 3.63. The summed E-state index contributed by atoms with van der Waals surface area (Å²) in [4.78, 5) is 0. The maximum atomic E-state index is 5.71. The van der Waals surface area contributed by atoms with Gasteiger partial charge in [0.1, 0.15) is 0 Å². The monoisotopic (exact) mass is 290 g/mol. The van der Waals surface area contributed by atoms with Crippen LogP contribution in [-0.4, -0.2) is 13.2 Å². The van der Waals surface area contributed by atoms with Crippen molar-refractivity contribution >= 4 is 0 Å². The quantitative estimate of drug-likeness (QED) is 0.683. The van der Waals surface area contributed by atoms with Crippen LogP contribution in [0.2, 0.25) is 0 Å². The average molecular weight is 290 g/mol. The Morgan fingerprint density at radius 1 is 0.952 bits per heavy atom. The van der Waals surface area contributed by atoms with Gasteiger partial charge in [-0.25, -0.2) is 0 Å². The van der Waals surface area contributed by atoms with Crippen LogP contribution >= 0.6 is 0 Å². The summed E-state index contributed by atoms with van der Waals surface area (Å²) in [6.45, 7) is 7.78. The molecule has 1 aliphatic rings. The Hall–Kier alpha value is -1.18. The standard InChI is InChI=1S/C19H30O2/c1-4-20-18-13-12-17(14-19(18)21-5-2)11-10-16-8-6-15(3)7-9-16/h12-16H,4-11H2,1-3H3. The molecule has 118 valence electrons. The topological polar surface area (TPSA) is 18.5 Å². The van der Waals surface area contributed by atoms with Gasteiger partial charge in [-0.3, -0.25) is 0 Å². The lowest BCUT2D eigenvalue weighted by molar-refractivity contribution is 0.276. The lowest BCUT2D eigenvalue weighted by Crippen LogP contribution is -2.13. The summed E-state index contributed by atoms with van der Waals surface area (Å²) in [6.07, 6.45) is 8.13. The number of hydrogen-bond acceptors (Lipinski definition) is 2. The predicted octanol–water partition coefficient (Wildman–Crippen LogP) is 5.24. The third-order valence-electron chi connectivity index (χ3n) is 4.58. The summed E-state index contributed by atoms with van der Waals surface area (Å²) in [6, 6.07) is 6.42. The first-order valence-corrected chi connectivity index (χ1v) is 8.61. The second-order valence-corrected chi connectivity index (χ2v) is 6.31. The van der Waals surface area contributed by atoms with Crippen LogP contribution in [0.25, 0.3) is 0 Å². The van der Waals surface area contributed by atoms with E-state index in [0.717, 1.165) is 29.8 Å². The molecule has 0 aromatic heterocycles. The minimum atomic E-state index is 0.680. The summed E-state index contributed by atoms with van der Waals surface area (Å²) in [7, 11) is 0. The molecule has 0 saturated heterocycles. The van der Waals surface area contributed by atoms with E-state index in [1.165, 1.54) is 37.7 Å². The van der Waals surface area contributed by atoms with Gasteiger partial charge in [-0.15, -0.1) is 0 Å². The summed E-state index contributed by atoms with van der Waals surface area (Å²) in [5, 5.41) is 0. The first-order chi connectivity index (χ1) is 10.2. The minimum absolute atomic E-state index is 0.680. The SMILES string of the molecule is CCOc1ccc(CCC2CCC(C)CC2)cc1OCC. The van der Waals surface area contributed by atoms with Crippen LogP contribution < -0.4 is 9.47 Å². The molecule has 0 amide bonds. The van der Waals surface area contributed by atoms with Crippen LogP contribution in [0.4, 0.5) is 0 Å². The van der Waals surface area contributed by atoms with Gasteiger partial charge >= 0.3 is 0 Å². The van der Waals surface area contributed by atoms with Crippen molar-refractivity contribution < 1.29 is 9.47 Å². The number of rotatable bonds is 7. The normalized spacial score (nSPS) is 22.0. The van der Waals surface area contributed by atoms with Crippen molar-refractivity contribution in [2.24, 2.45) is 11.8 Å². The molecule has 2 rings (SSSR count). The van der Waals surface area contributed by atoms with Gasteiger partial charge in [-0.2, -0.15) is 0 Å². The van der Waals surface area contributed by atoms with Crippen molar-refractivity contribution in [2.45, 2.75) is 59.3 Å². The van der Waals surface area contributed by atoms with Gasteiger partial charge in [-0.1, -0.05) is 38.7 Å². The Morgan fingerprint density at radius 3 is 2.29 bits per heavy atom. The fourth-order valence-corrected chi connectivity index (χ4v) is 3.24. The van der Waals surface area contributed by atoms with Crippen molar-refractivity contribution in [3.8, 4) is 11.5 Å². The number of hydrogen-bond donors (Lipinski definition) is 0. The molecule has 1 fully saturated rings. The summed E-state index contributed by atoms with van der Waals surface area (Å²) >= 11 is 0. The molecule has 0 atom stereocenters. The Morgan fingerprint density at radius 2 is 1.62 bits per heavy atom. The van der Waals surface area contributed by atoms with Gasteiger partial charge in [0, 0.05) is 0 Å². The fourth-order valence-electron chi connectivity index (χ4n) is 3.24. The van der Waals surface area contributed by atoms with Gasteiger partial charge in [0.25, 0.3) is 0 Å². The van der Waals surface area contributed by atoms with Crippen molar-refractivity contribution in [3.05, 3.63) is 23.8 Å². The second kappa shape index (κ2) is 8.31. The lowest BCUT2D eigenvalue weighted by atomic mass is 9.80. The number of benzene rings is 1. The minimum Gasteiger partial charge on any atom is -0.490 e. The molecule has 1 saturated carbocycles. The maximum absolute atomic E-state index is 5.71. The third-order valence-corrected chi connectivity index (χ3v) is 4.58. The molecular formula is C19H30O2. The Kier molecular flexibility index (Phi) is 6.41. The van der Waals surface area contributed by atoms with Crippen molar-refractivity contribution in [1.82, 2.24) is 0 Å². The Bertz CT molecular complexity index is 420. The van der Waals surface area contributed by atoms with E-state index in [2.05, 4.69) is 25.1 Å². The van der Waals surface area contributed by atoms with E-state index in [1.54, 1.807) is 0 Å². The molecule has 2 nitrogen and oxygen atoms in total. The average Bonchev–Trinajstić information content (AvgIpc) is 2.49. The largest absolute Gasteiger partial charge is 0.490 e. The van der Waals surface area contributed by atoms with Crippen LogP contribution in [0, 0.1) is 11.8 Å². The predicted molar refractivity (Wildman–Crippen MR) is 88.2 cm³/mol. The van der Waals surface area contributed by atoms with Gasteiger partial charge in [0.05, 0.1) is 13.2 Å². The van der Waals surface area contributed by atoms with Crippen LogP contribution in [0.3, 0.4) is 0 Å². The highest BCUT2D eigenvalue weighted by Gasteiger charge is 2.18. The zero-order valence-corrected chi connectivity index (χ0v) is 13.9. The van der Waals surface area contributed by atoms with Gasteiger partial charge in [0.2, 0.25) is 0 Å². The van der Waals surface area contributed by atoms with Crippen LogP contribution in [-0.2, 0) is 6.42 Å². The molecule has 0 spiro atoms. The molecule has 0 N–H and O–H groups in total. The van der Waals surface area contributed by atoms with Crippen molar-refractivity contribution in [3.63, 3.8) is 0 Å². The molecule has 0 heterocycles. The zero-order chi connectivity index (χ0) is 15.1. The molecule has 0 radical (unpaired) electrons. The van der Waals surface area contributed by atoms with Gasteiger partial charge < -0.3 is 9.47 Å². The number of aryl methyl sites for hydroxylation is 1. The van der Waals surface area contributed by atoms with Crippen molar-refractivity contribution in [1.29, 1.82) is 0 Å². The Labute approximate surface area is 129 Å². The van der Waals surface area contributed by atoms with Crippen LogP contribution in [0.5, 0.6) is 11.5 Å². The molecule has 1 aromatic carbocycles. The summed E-state index contributed by atoms with van der Waals surface area (Å²) in [5.41, 5.74) is 1.38. The van der Waals surface area contributed by atoms with Crippen LogP contribution in [0.15, 0.2) is 18.2 Å². The van der Waals surface area contributed by atoms with E-state index in [4.69, 9.17) is 9.47 Å². The molecule has 2 heteroatoms. The third kappa shape index (κ3) is 4.94. The highest BCUT2D eigenvalue weighted by molar-refractivity contribution is 5.43. The molecule has 21 heavy (non-hydrogen) atoms. The zero-order valence-electron chi connectivity index (χ0n) is 13.9. The molecule has 1 aliphatic carbocycles. The highest BCUT2D eigenvalue weighted by Crippen LogP contribution is 2.33. The van der Waals surface area contributed by atoms with E-state index in [9.17, 15) is 0 Å². The maximum Gasteiger partial charge on any atom is 0.161 e. The van der Waals surface area contributed by atoms with E-state index < -0.39 is 0 Å². The molecule has 0 bridgehead atoms. The fraction of sp³-hybridized carbons (Fsp3) is 0.684. The lowest BCUT2D eigenvalue weighted by Gasteiger charge is -2.26. The van der Waals surface area contributed by atoms with Gasteiger partial charge in [0.15, 0.2) is 11.5 Å². The first kappa shape index (κ1) is 16.2. The van der Waals surface area contributed by atoms with Crippen molar-refractivity contribution in [2.75, 3.05) is 13.2 Å². The van der Waals surface area contributed by atoms with Gasteiger partial charge in [-0.05, 0) is 56.2 Å². The Balaban J connectivity index is 1.92. The van der Waals surface area contributed by atoms with E-state index in [1.807, 2.05) is 13.8 Å². The smallest absolute Gasteiger partial charge is 0.161 e. The molecular weight excluding hydrogens is 260 g/mol. The van der Waals surface area contributed by atoms with E-state index >= 15 is 0 Å². The highest BCUT2D eigenvalue weighted by atomic mass is 16.5. The molecule has 1 aromatic rings. The summed E-state index contributed by atoms with van der Waals surface area (Å²) < 4.78 is 11.3. The molecule has 0 unspecified atom stereocenters. The molecule has 0 aliphatic heterocycles. The van der Waals surface area contributed by atoms with E-state index in [0.29, 0.717) is 13.2 Å². The number of ether oxygens (including phenoxy) is 2.